The van der Waals surface area contributed by atoms with Crippen molar-refractivity contribution in [1.29, 1.82) is 5.26 Å². The van der Waals surface area contributed by atoms with E-state index in [-0.39, 0.29) is 6.04 Å². The summed E-state index contributed by atoms with van der Waals surface area (Å²) in [5, 5.41) is 12.6. The van der Waals surface area contributed by atoms with Crippen LogP contribution in [0.1, 0.15) is 32.1 Å². The van der Waals surface area contributed by atoms with Crippen molar-refractivity contribution in [2.24, 2.45) is 5.92 Å². The molecule has 0 aromatic heterocycles. The highest BCUT2D eigenvalue weighted by molar-refractivity contribution is 5.48. The van der Waals surface area contributed by atoms with Gasteiger partial charge in [-0.2, -0.15) is 5.26 Å². The van der Waals surface area contributed by atoms with Crippen LogP contribution in [-0.2, 0) is 0 Å². The van der Waals surface area contributed by atoms with E-state index in [0.717, 1.165) is 11.4 Å². The van der Waals surface area contributed by atoms with Crippen LogP contribution in [0.4, 0.5) is 5.69 Å². The van der Waals surface area contributed by atoms with E-state index in [1.807, 2.05) is 24.3 Å². The Hall–Kier alpha value is -1.69. The van der Waals surface area contributed by atoms with Crippen LogP contribution in [0.15, 0.2) is 24.3 Å². The Kier molecular flexibility index (Phi) is 4.46. The summed E-state index contributed by atoms with van der Waals surface area (Å²) in [6.45, 7) is 0. The van der Waals surface area contributed by atoms with E-state index in [4.69, 9.17) is 4.74 Å². The van der Waals surface area contributed by atoms with E-state index < -0.39 is 0 Å². The summed E-state index contributed by atoms with van der Waals surface area (Å²) in [7, 11) is 1.66. The predicted molar refractivity (Wildman–Crippen MR) is 72.6 cm³/mol. The molecule has 0 radical (unpaired) electrons. The molecule has 1 N–H and O–H groups in total. The Labute approximate surface area is 109 Å². The van der Waals surface area contributed by atoms with E-state index in [2.05, 4.69) is 11.4 Å². The zero-order chi connectivity index (χ0) is 12.8. The third-order valence-electron chi connectivity index (χ3n) is 3.67. The molecule has 0 aliphatic heterocycles. The lowest BCUT2D eigenvalue weighted by molar-refractivity contribution is 0.346. The van der Waals surface area contributed by atoms with Crippen LogP contribution in [0, 0.1) is 17.2 Å². The van der Waals surface area contributed by atoms with Gasteiger partial charge in [-0.05, 0) is 43.0 Å². The lowest BCUT2D eigenvalue weighted by atomic mass is 9.84. The van der Waals surface area contributed by atoms with Crippen LogP contribution in [0.25, 0.3) is 0 Å². The van der Waals surface area contributed by atoms with Gasteiger partial charge >= 0.3 is 0 Å². The highest BCUT2D eigenvalue weighted by Gasteiger charge is 2.23. The fraction of sp³-hybridized carbons (Fsp3) is 0.533. The molecule has 0 saturated heterocycles. The maximum absolute atomic E-state index is 9.30. The number of anilines is 1. The highest BCUT2D eigenvalue weighted by atomic mass is 16.5. The van der Waals surface area contributed by atoms with Gasteiger partial charge in [0.2, 0.25) is 0 Å². The van der Waals surface area contributed by atoms with E-state index >= 15 is 0 Å². The number of hydrogen-bond donors (Lipinski definition) is 1. The predicted octanol–water partition coefficient (Wildman–Crippen LogP) is 3.58. The summed E-state index contributed by atoms with van der Waals surface area (Å²) in [5.74, 6) is 1.33. The van der Waals surface area contributed by atoms with Gasteiger partial charge in [0.25, 0.3) is 0 Å². The number of nitrogens with zero attached hydrogens (tertiary/aromatic N) is 1. The first-order valence-corrected chi connectivity index (χ1v) is 6.63. The summed E-state index contributed by atoms with van der Waals surface area (Å²) < 4.78 is 5.12. The molecule has 0 heterocycles. The van der Waals surface area contributed by atoms with Crippen molar-refractivity contribution in [3.8, 4) is 11.8 Å². The minimum atomic E-state index is -0.0707. The van der Waals surface area contributed by atoms with Crippen LogP contribution in [-0.4, -0.2) is 13.2 Å². The molecule has 1 aromatic carbocycles. The smallest absolute Gasteiger partial charge is 0.119 e. The molecule has 0 amide bonds. The SMILES string of the molecule is COc1ccc(NC(C#N)C2CCCCC2)cc1. The number of benzene rings is 1. The third kappa shape index (κ3) is 3.16. The first-order valence-electron chi connectivity index (χ1n) is 6.63. The van der Waals surface area contributed by atoms with Crippen molar-refractivity contribution in [2.75, 3.05) is 12.4 Å². The molecule has 3 nitrogen and oxygen atoms in total. The molecule has 2 rings (SSSR count). The Morgan fingerprint density at radius 3 is 2.44 bits per heavy atom. The van der Waals surface area contributed by atoms with Crippen molar-refractivity contribution in [3.05, 3.63) is 24.3 Å². The maximum Gasteiger partial charge on any atom is 0.119 e. The molecular weight excluding hydrogens is 224 g/mol. The van der Waals surface area contributed by atoms with Gasteiger partial charge in [0.1, 0.15) is 11.8 Å². The van der Waals surface area contributed by atoms with Crippen molar-refractivity contribution in [2.45, 2.75) is 38.1 Å². The van der Waals surface area contributed by atoms with Gasteiger partial charge in [-0.1, -0.05) is 19.3 Å². The molecule has 18 heavy (non-hydrogen) atoms. The second-order valence-corrected chi connectivity index (χ2v) is 4.88. The van der Waals surface area contributed by atoms with Crippen LogP contribution in [0.5, 0.6) is 5.75 Å². The normalized spacial score (nSPS) is 17.8. The van der Waals surface area contributed by atoms with Gasteiger partial charge < -0.3 is 10.1 Å². The average Bonchev–Trinajstić information content (AvgIpc) is 2.46. The second-order valence-electron chi connectivity index (χ2n) is 4.88. The minimum Gasteiger partial charge on any atom is -0.497 e. The quantitative estimate of drug-likeness (QED) is 0.880. The van der Waals surface area contributed by atoms with E-state index in [1.165, 1.54) is 32.1 Å². The molecule has 0 spiro atoms. The Morgan fingerprint density at radius 2 is 1.89 bits per heavy atom. The van der Waals surface area contributed by atoms with Crippen molar-refractivity contribution < 1.29 is 4.74 Å². The zero-order valence-corrected chi connectivity index (χ0v) is 10.9. The van der Waals surface area contributed by atoms with Crippen LogP contribution in [0.3, 0.4) is 0 Å². The lowest BCUT2D eigenvalue weighted by Crippen LogP contribution is -2.29. The standard InChI is InChI=1S/C15H20N2O/c1-18-14-9-7-13(8-10-14)17-15(11-16)12-5-3-2-4-6-12/h7-10,12,15,17H,2-6H2,1H3. The molecule has 1 aromatic rings. The highest BCUT2D eigenvalue weighted by Crippen LogP contribution is 2.28. The first-order chi connectivity index (χ1) is 8.83. The molecule has 1 atom stereocenters. The minimum absolute atomic E-state index is 0.0707. The Bertz CT molecular complexity index is 401. The van der Waals surface area contributed by atoms with Gasteiger partial charge in [0, 0.05) is 5.69 Å². The van der Waals surface area contributed by atoms with Crippen molar-refractivity contribution in [3.63, 3.8) is 0 Å². The number of nitriles is 1. The van der Waals surface area contributed by atoms with Gasteiger partial charge in [0.15, 0.2) is 0 Å². The van der Waals surface area contributed by atoms with Crippen LogP contribution >= 0.6 is 0 Å². The van der Waals surface area contributed by atoms with Crippen molar-refractivity contribution >= 4 is 5.69 Å². The summed E-state index contributed by atoms with van der Waals surface area (Å²) >= 11 is 0. The maximum atomic E-state index is 9.30. The summed E-state index contributed by atoms with van der Waals surface area (Å²) in [6.07, 6.45) is 6.17. The number of ether oxygens (including phenoxy) is 1. The van der Waals surface area contributed by atoms with Crippen LogP contribution in [0.2, 0.25) is 0 Å². The first kappa shape index (κ1) is 12.8. The number of methoxy groups -OCH3 is 1. The van der Waals surface area contributed by atoms with Gasteiger partial charge in [-0.15, -0.1) is 0 Å². The van der Waals surface area contributed by atoms with Gasteiger partial charge in [-0.25, -0.2) is 0 Å². The number of nitrogens with one attached hydrogen (secondary N) is 1. The third-order valence-corrected chi connectivity index (χ3v) is 3.67. The number of rotatable bonds is 4. The van der Waals surface area contributed by atoms with Gasteiger partial charge in [-0.3, -0.25) is 0 Å². The molecule has 1 fully saturated rings. The van der Waals surface area contributed by atoms with E-state index in [1.54, 1.807) is 7.11 Å². The zero-order valence-electron chi connectivity index (χ0n) is 10.9. The molecule has 3 heteroatoms. The van der Waals surface area contributed by atoms with Crippen LogP contribution < -0.4 is 10.1 Å². The molecule has 0 bridgehead atoms. The average molecular weight is 244 g/mol. The molecule has 1 aliphatic rings. The summed E-state index contributed by atoms with van der Waals surface area (Å²) in [5.41, 5.74) is 0.993. The topological polar surface area (TPSA) is 45.0 Å². The molecule has 96 valence electrons. The summed E-state index contributed by atoms with van der Waals surface area (Å²) in [4.78, 5) is 0. The molecule has 1 unspecified atom stereocenters. The molecule has 1 saturated carbocycles. The number of hydrogen-bond acceptors (Lipinski definition) is 3. The molecular formula is C15H20N2O. The fourth-order valence-corrected chi connectivity index (χ4v) is 2.59. The largest absolute Gasteiger partial charge is 0.497 e. The lowest BCUT2D eigenvalue weighted by Gasteiger charge is -2.27. The van der Waals surface area contributed by atoms with Gasteiger partial charge in [0.05, 0.1) is 13.2 Å². The van der Waals surface area contributed by atoms with E-state index in [9.17, 15) is 5.26 Å². The monoisotopic (exact) mass is 244 g/mol. The fourth-order valence-electron chi connectivity index (χ4n) is 2.59. The Balaban J connectivity index is 1.98. The summed E-state index contributed by atoms with van der Waals surface area (Å²) in [6, 6.07) is 10.1. The molecule has 1 aliphatic carbocycles. The second kappa shape index (κ2) is 6.30. The van der Waals surface area contributed by atoms with E-state index in [0.29, 0.717) is 5.92 Å². The van der Waals surface area contributed by atoms with Crippen molar-refractivity contribution in [1.82, 2.24) is 0 Å². The Morgan fingerprint density at radius 1 is 1.22 bits per heavy atom.